The summed E-state index contributed by atoms with van der Waals surface area (Å²) in [4.78, 5) is 0. The van der Waals surface area contributed by atoms with Crippen LogP contribution in [0.5, 0.6) is 0 Å². The van der Waals surface area contributed by atoms with Gasteiger partial charge in [-0.15, -0.1) is 0 Å². The molecular weight excluding hydrogens is 296 g/mol. The van der Waals surface area contributed by atoms with Crippen molar-refractivity contribution in [2.45, 2.75) is 45.4 Å². The van der Waals surface area contributed by atoms with E-state index < -0.39 is 0 Å². The highest BCUT2D eigenvalue weighted by Gasteiger charge is 2.08. The van der Waals surface area contributed by atoms with Gasteiger partial charge in [0, 0.05) is 10.4 Å². The first-order valence-electron chi connectivity index (χ1n) is 6.56. The summed E-state index contributed by atoms with van der Waals surface area (Å²) in [6.45, 7) is 2.26. The molecule has 1 aromatic carbocycles. The van der Waals surface area contributed by atoms with Crippen LogP contribution in [0.3, 0.4) is 0 Å². The molecule has 0 nitrogen and oxygen atoms in total. The van der Waals surface area contributed by atoms with Gasteiger partial charge in [0.2, 0.25) is 0 Å². The Balaban J connectivity index is 2.33. The van der Waals surface area contributed by atoms with Crippen molar-refractivity contribution in [3.8, 4) is 0 Å². The van der Waals surface area contributed by atoms with Gasteiger partial charge in [0.05, 0.1) is 0 Å². The highest BCUT2D eigenvalue weighted by Crippen LogP contribution is 2.19. The van der Waals surface area contributed by atoms with Crippen LogP contribution in [0.15, 0.2) is 24.3 Å². The lowest BCUT2D eigenvalue weighted by atomic mass is 9.95. The fourth-order valence-electron chi connectivity index (χ4n) is 2.05. The van der Waals surface area contributed by atoms with E-state index in [0.717, 1.165) is 22.7 Å². The molecule has 0 aliphatic carbocycles. The maximum Gasteiger partial charge on any atom is 0.0406 e. The Morgan fingerprint density at radius 3 is 2.41 bits per heavy atom. The van der Waals surface area contributed by atoms with Crippen LogP contribution in [-0.2, 0) is 6.42 Å². The molecule has 0 radical (unpaired) electrons. The molecule has 0 spiro atoms. The maximum atomic E-state index is 5.89. The molecule has 0 aliphatic heterocycles. The van der Waals surface area contributed by atoms with Crippen molar-refractivity contribution in [2.24, 2.45) is 5.92 Å². The van der Waals surface area contributed by atoms with Crippen molar-refractivity contribution in [1.29, 1.82) is 0 Å². The van der Waals surface area contributed by atoms with E-state index in [-0.39, 0.29) is 0 Å². The molecule has 17 heavy (non-hydrogen) atoms. The standard InChI is InChI=1S/C15H22BrCl/c1-2-3-4-5-6-14(12-16)11-13-7-9-15(17)10-8-13/h7-10,14H,2-6,11-12H2,1H3. The van der Waals surface area contributed by atoms with Crippen LogP contribution < -0.4 is 0 Å². The van der Waals surface area contributed by atoms with Gasteiger partial charge in [-0.1, -0.05) is 72.3 Å². The fourth-order valence-corrected chi connectivity index (χ4v) is 2.73. The molecule has 1 unspecified atom stereocenters. The third-order valence-electron chi connectivity index (χ3n) is 3.12. The smallest absolute Gasteiger partial charge is 0.0406 e. The van der Waals surface area contributed by atoms with Gasteiger partial charge in [-0.05, 0) is 36.5 Å². The van der Waals surface area contributed by atoms with E-state index in [9.17, 15) is 0 Å². The second-order valence-electron chi connectivity index (χ2n) is 4.70. The van der Waals surface area contributed by atoms with Crippen molar-refractivity contribution < 1.29 is 0 Å². The molecule has 0 aliphatic rings. The predicted molar refractivity (Wildman–Crippen MR) is 81.2 cm³/mol. The number of halogens is 2. The van der Waals surface area contributed by atoms with E-state index in [4.69, 9.17) is 11.6 Å². The molecule has 0 N–H and O–H groups in total. The SMILES string of the molecule is CCCCCCC(CBr)Cc1ccc(Cl)cc1. The van der Waals surface area contributed by atoms with Gasteiger partial charge in [-0.3, -0.25) is 0 Å². The number of unbranched alkanes of at least 4 members (excludes halogenated alkanes) is 3. The summed E-state index contributed by atoms with van der Waals surface area (Å²) in [5, 5.41) is 1.92. The van der Waals surface area contributed by atoms with E-state index in [1.807, 2.05) is 12.1 Å². The largest absolute Gasteiger partial charge is 0.0925 e. The van der Waals surface area contributed by atoms with E-state index in [2.05, 4.69) is 35.0 Å². The third kappa shape index (κ3) is 6.47. The van der Waals surface area contributed by atoms with Gasteiger partial charge < -0.3 is 0 Å². The molecule has 1 rings (SSSR count). The van der Waals surface area contributed by atoms with Crippen molar-refractivity contribution in [2.75, 3.05) is 5.33 Å². The first kappa shape index (κ1) is 15.0. The Labute approximate surface area is 119 Å². The number of rotatable bonds is 8. The lowest BCUT2D eigenvalue weighted by Crippen LogP contribution is -2.06. The van der Waals surface area contributed by atoms with Crippen LogP contribution in [0, 0.1) is 5.92 Å². The predicted octanol–water partition coefficient (Wildman–Crippen LogP) is 5.86. The first-order valence-corrected chi connectivity index (χ1v) is 8.06. The quantitative estimate of drug-likeness (QED) is 0.416. The van der Waals surface area contributed by atoms with Gasteiger partial charge in [-0.25, -0.2) is 0 Å². The van der Waals surface area contributed by atoms with Crippen molar-refractivity contribution >= 4 is 27.5 Å². The Kier molecular flexibility index (Phi) is 7.96. The van der Waals surface area contributed by atoms with Gasteiger partial charge in [0.1, 0.15) is 0 Å². The second-order valence-corrected chi connectivity index (χ2v) is 5.78. The van der Waals surface area contributed by atoms with Crippen LogP contribution in [0.25, 0.3) is 0 Å². The average Bonchev–Trinajstić information content (AvgIpc) is 2.35. The third-order valence-corrected chi connectivity index (χ3v) is 4.29. The fraction of sp³-hybridized carbons (Fsp3) is 0.600. The first-order chi connectivity index (χ1) is 8.26. The highest BCUT2D eigenvalue weighted by atomic mass is 79.9. The van der Waals surface area contributed by atoms with Gasteiger partial charge in [0.15, 0.2) is 0 Å². The summed E-state index contributed by atoms with van der Waals surface area (Å²) in [6.07, 6.45) is 7.91. The average molecular weight is 318 g/mol. The Morgan fingerprint density at radius 1 is 1.12 bits per heavy atom. The van der Waals surface area contributed by atoms with Crippen molar-refractivity contribution in [1.82, 2.24) is 0 Å². The summed E-state index contributed by atoms with van der Waals surface area (Å²) in [5.74, 6) is 0.757. The summed E-state index contributed by atoms with van der Waals surface area (Å²) in [5.41, 5.74) is 1.40. The van der Waals surface area contributed by atoms with Crippen LogP contribution in [0.1, 0.15) is 44.6 Å². The molecule has 0 aromatic heterocycles. The summed E-state index contributed by atoms with van der Waals surface area (Å²) in [6, 6.07) is 8.26. The highest BCUT2D eigenvalue weighted by molar-refractivity contribution is 9.09. The minimum atomic E-state index is 0.757. The molecule has 1 atom stereocenters. The molecule has 0 bridgehead atoms. The van der Waals surface area contributed by atoms with E-state index in [1.165, 1.54) is 37.7 Å². The molecule has 0 saturated heterocycles. The van der Waals surface area contributed by atoms with Crippen molar-refractivity contribution in [3.63, 3.8) is 0 Å². The summed E-state index contributed by atoms with van der Waals surface area (Å²) >= 11 is 9.52. The number of hydrogen-bond acceptors (Lipinski definition) is 0. The minimum Gasteiger partial charge on any atom is -0.0925 e. The van der Waals surface area contributed by atoms with Crippen LogP contribution >= 0.6 is 27.5 Å². The lowest BCUT2D eigenvalue weighted by molar-refractivity contribution is 0.496. The molecular formula is C15H22BrCl. The molecule has 2 heteroatoms. The Bertz CT molecular complexity index is 294. The zero-order valence-electron chi connectivity index (χ0n) is 10.6. The maximum absolute atomic E-state index is 5.89. The lowest BCUT2D eigenvalue weighted by Gasteiger charge is -2.14. The summed E-state index contributed by atoms with van der Waals surface area (Å²) in [7, 11) is 0. The topological polar surface area (TPSA) is 0 Å². The molecule has 96 valence electrons. The van der Waals surface area contributed by atoms with Gasteiger partial charge >= 0.3 is 0 Å². The summed E-state index contributed by atoms with van der Waals surface area (Å²) < 4.78 is 0. The van der Waals surface area contributed by atoms with Crippen LogP contribution in [0.4, 0.5) is 0 Å². The van der Waals surface area contributed by atoms with E-state index >= 15 is 0 Å². The number of benzene rings is 1. The monoisotopic (exact) mass is 316 g/mol. The molecule has 0 amide bonds. The van der Waals surface area contributed by atoms with E-state index in [1.54, 1.807) is 0 Å². The molecule has 1 aromatic rings. The van der Waals surface area contributed by atoms with Gasteiger partial charge in [0.25, 0.3) is 0 Å². The minimum absolute atomic E-state index is 0.757. The van der Waals surface area contributed by atoms with Crippen LogP contribution in [0.2, 0.25) is 5.02 Å². The Hall–Kier alpha value is -0.0100. The Morgan fingerprint density at radius 2 is 1.82 bits per heavy atom. The number of alkyl halides is 1. The zero-order valence-corrected chi connectivity index (χ0v) is 12.9. The molecule has 0 heterocycles. The van der Waals surface area contributed by atoms with E-state index in [0.29, 0.717) is 0 Å². The normalized spacial score (nSPS) is 12.6. The number of hydrogen-bond donors (Lipinski definition) is 0. The molecule has 0 saturated carbocycles. The van der Waals surface area contributed by atoms with Crippen molar-refractivity contribution in [3.05, 3.63) is 34.9 Å². The second kappa shape index (κ2) is 8.99. The zero-order chi connectivity index (χ0) is 12.5. The van der Waals surface area contributed by atoms with Crippen LogP contribution in [-0.4, -0.2) is 5.33 Å². The molecule has 0 fully saturated rings. The van der Waals surface area contributed by atoms with Gasteiger partial charge in [-0.2, -0.15) is 0 Å².